The molecular weight excluding hydrogens is 536 g/mol. The third-order valence-corrected chi connectivity index (χ3v) is 8.91. The zero-order chi connectivity index (χ0) is 29.3. The summed E-state index contributed by atoms with van der Waals surface area (Å²) in [6.45, 7) is 0. The van der Waals surface area contributed by atoms with E-state index >= 15 is 0 Å². The summed E-state index contributed by atoms with van der Waals surface area (Å²) in [6.07, 6.45) is 0. The fourth-order valence-corrected chi connectivity index (χ4v) is 7.24. The summed E-state index contributed by atoms with van der Waals surface area (Å²) in [5.74, 6) is 0. The summed E-state index contributed by atoms with van der Waals surface area (Å²) in [5.41, 5.74) is 10.7. The van der Waals surface area contributed by atoms with Crippen molar-refractivity contribution in [3.8, 4) is 44.5 Å². The quantitative estimate of drug-likeness (QED) is 0.159. The normalized spacial score (nSPS) is 13.2. The maximum atomic E-state index is 12.2. The monoisotopic (exact) mass is 558 g/mol. The first-order valence-corrected chi connectivity index (χ1v) is 14.0. The van der Waals surface area contributed by atoms with E-state index in [1.807, 2.05) is 18.2 Å². The molecule has 6 nitrogen and oxygen atoms in total. The average molecular weight is 559 g/mol. The molecule has 6 heteroatoms. The highest BCUT2D eigenvalue weighted by Crippen LogP contribution is 2.63. The van der Waals surface area contributed by atoms with Gasteiger partial charge in [0.25, 0.3) is 11.4 Å². The third kappa shape index (κ3) is 3.35. The van der Waals surface area contributed by atoms with Crippen molar-refractivity contribution < 1.29 is 9.85 Å². The Bertz CT molecular complexity index is 2120. The molecule has 1 spiro atoms. The molecule has 0 atom stereocenters. The number of fused-ring (bicyclic) bond motifs is 10. The number of nitro groups is 2. The van der Waals surface area contributed by atoms with Crippen molar-refractivity contribution in [1.82, 2.24) is 0 Å². The van der Waals surface area contributed by atoms with Crippen molar-refractivity contribution in [2.45, 2.75) is 5.41 Å². The van der Waals surface area contributed by atoms with Gasteiger partial charge in [0.15, 0.2) is 0 Å². The van der Waals surface area contributed by atoms with Crippen LogP contribution in [0.5, 0.6) is 0 Å². The molecule has 0 heterocycles. The van der Waals surface area contributed by atoms with Crippen LogP contribution in [0.4, 0.5) is 11.4 Å². The molecule has 0 bridgehead atoms. The summed E-state index contributed by atoms with van der Waals surface area (Å²) in [5, 5.41) is 24.0. The molecule has 204 valence electrons. The molecule has 0 fully saturated rings. The zero-order valence-corrected chi connectivity index (χ0v) is 22.7. The van der Waals surface area contributed by atoms with Crippen LogP contribution in [0, 0.1) is 20.2 Å². The van der Waals surface area contributed by atoms with Crippen molar-refractivity contribution >= 4 is 11.4 Å². The molecular formula is C37H22N2O4. The molecule has 6 aromatic carbocycles. The first-order valence-electron chi connectivity index (χ1n) is 14.0. The second-order valence-electron chi connectivity index (χ2n) is 10.9. The summed E-state index contributed by atoms with van der Waals surface area (Å²) >= 11 is 0. The molecule has 0 aliphatic heterocycles. The lowest BCUT2D eigenvalue weighted by molar-refractivity contribution is -0.384. The Balaban J connectivity index is 1.39. The molecule has 43 heavy (non-hydrogen) atoms. The number of para-hydroxylation sites is 1. The molecule has 2 aliphatic rings. The highest BCUT2D eigenvalue weighted by molar-refractivity contribution is 5.96. The van der Waals surface area contributed by atoms with Gasteiger partial charge < -0.3 is 0 Å². The van der Waals surface area contributed by atoms with E-state index in [4.69, 9.17) is 0 Å². The number of hydrogen-bond acceptors (Lipinski definition) is 4. The van der Waals surface area contributed by atoms with Gasteiger partial charge in [-0.05, 0) is 79.9 Å². The van der Waals surface area contributed by atoms with Gasteiger partial charge in [0.05, 0.1) is 26.4 Å². The molecule has 0 unspecified atom stereocenters. The summed E-state index contributed by atoms with van der Waals surface area (Å²) < 4.78 is 0. The molecule has 2 aliphatic carbocycles. The van der Waals surface area contributed by atoms with Crippen LogP contribution in [0.3, 0.4) is 0 Å². The fourth-order valence-electron chi connectivity index (χ4n) is 7.24. The Hall–Kier alpha value is -5.88. The van der Waals surface area contributed by atoms with Crippen LogP contribution >= 0.6 is 0 Å². The SMILES string of the molecule is O=[N+]([O-])c1ccccc1-c1ccc([N+](=O)[O-])c(-c2ccc3c(c2)-c2ccccc2C32c3ccccc3-c3ccccc32)c1. The van der Waals surface area contributed by atoms with Gasteiger partial charge in [0, 0.05) is 12.1 Å². The number of nitrogens with zero attached hydrogens (tertiary/aromatic N) is 2. The van der Waals surface area contributed by atoms with E-state index in [9.17, 15) is 20.2 Å². The maximum absolute atomic E-state index is 12.2. The summed E-state index contributed by atoms with van der Waals surface area (Å²) in [4.78, 5) is 23.2. The Kier molecular flexibility index (Phi) is 5.24. The smallest absolute Gasteiger partial charge is 0.258 e. The van der Waals surface area contributed by atoms with Crippen molar-refractivity contribution in [3.63, 3.8) is 0 Å². The Morgan fingerprint density at radius 1 is 0.395 bits per heavy atom. The van der Waals surface area contributed by atoms with Gasteiger partial charge in [-0.1, -0.05) is 97.1 Å². The lowest BCUT2D eigenvalue weighted by Crippen LogP contribution is -2.25. The lowest BCUT2D eigenvalue weighted by atomic mass is 9.70. The highest BCUT2D eigenvalue weighted by atomic mass is 16.6. The van der Waals surface area contributed by atoms with Crippen molar-refractivity contribution in [1.29, 1.82) is 0 Å². The van der Waals surface area contributed by atoms with Crippen LogP contribution in [-0.4, -0.2) is 9.85 Å². The second-order valence-corrected chi connectivity index (χ2v) is 10.9. The molecule has 0 amide bonds. The van der Waals surface area contributed by atoms with E-state index in [-0.39, 0.29) is 11.4 Å². The van der Waals surface area contributed by atoms with Crippen LogP contribution in [-0.2, 0) is 5.41 Å². The minimum Gasteiger partial charge on any atom is -0.258 e. The van der Waals surface area contributed by atoms with Gasteiger partial charge in [-0.3, -0.25) is 20.2 Å². The van der Waals surface area contributed by atoms with E-state index in [0.717, 1.165) is 16.7 Å². The fraction of sp³-hybridized carbons (Fsp3) is 0.0270. The van der Waals surface area contributed by atoms with Gasteiger partial charge in [-0.25, -0.2) is 0 Å². The molecule has 8 rings (SSSR count). The number of hydrogen-bond donors (Lipinski definition) is 0. The predicted octanol–water partition coefficient (Wildman–Crippen LogP) is 9.18. The standard InChI is InChI=1S/C37H22N2O4/c40-38(41)35-16-8-4-9-25(35)23-18-20-36(39(42)43)29(21-23)24-17-19-34-30(22-24)28-12-3-7-15-33(28)37(34)31-13-5-1-10-26(31)27-11-2-6-14-32(27)37/h1-22H. The number of benzene rings is 6. The van der Waals surface area contributed by atoms with Crippen molar-refractivity contribution in [3.05, 3.63) is 176 Å². The summed E-state index contributed by atoms with van der Waals surface area (Å²) in [6, 6.07) is 42.7. The number of rotatable bonds is 4. The maximum Gasteiger partial charge on any atom is 0.277 e. The van der Waals surface area contributed by atoms with E-state index in [1.165, 1.54) is 39.9 Å². The van der Waals surface area contributed by atoms with Crippen LogP contribution in [0.2, 0.25) is 0 Å². The minimum atomic E-state index is -0.504. The van der Waals surface area contributed by atoms with E-state index < -0.39 is 15.3 Å². The van der Waals surface area contributed by atoms with E-state index in [1.54, 1.807) is 30.3 Å². The molecule has 0 saturated carbocycles. The van der Waals surface area contributed by atoms with Gasteiger partial charge in [0.1, 0.15) is 0 Å². The van der Waals surface area contributed by atoms with Gasteiger partial charge in [-0.15, -0.1) is 0 Å². The molecule has 0 saturated heterocycles. The first-order chi connectivity index (χ1) is 21.0. The largest absolute Gasteiger partial charge is 0.277 e. The van der Waals surface area contributed by atoms with Crippen LogP contribution < -0.4 is 0 Å². The van der Waals surface area contributed by atoms with Crippen LogP contribution in [0.1, 0.15) is 22.3 Å². The van der Waals surface area contributed by atoms with Crippen LogP contribution in [0.25, 0.3) is 44.5 Å². The van der Waals surface area contributed by atoms with E-state index in [2.05, 4.69) is 72.8 Å². The molecule has 0 aromatic heterocycles. The van der Waals surface area contributed by atoms with Gasteiger partial charge in [0.2, 0.25) is 0 Å². The van der Waals surface area contributed by atoms with Gasteiger partial charge >= 0.3 is 0 Å². The molecule has 0 N–H and O–H groups in total. The van der Waals surface area contributed by atoms with E-state index in [0.29, 0.717) is 22.3 Å². The predicted molar refractivity (Wildman–Crippen MR) is 167 cm³/mol. The van der Waals surface area contributed by atoms with Crippen LogP contribution in [0.15, 0.2) is 133 Å². The first kappa shape index (κ1) is 24.9. The molecule has 6 aromatic rings. The second kappa shape index (κ2) is 9.06. The minimum absolute atomic E-state index is 0.0503. The average Bonchev–Trinajstić information content (AvgIpc) is 3.51. The Morgan fingerprint density at radius 2 is 0.791 bits per heavy atom. The van der Waals surface area contributed by atoms with Crippen molar-refractivity contribution in [2.24, 2.45) is 0 Å². The zero-order valence-electron chi connectivity index (χ0n) is 22.7. The highest BCUT2D eigenvalue weighted by Gasteiger charge is 2.51. The molecule has 0 radical (unpaired) electrons. The summed E-state index contributed by atoms with van der Waals surface area (Å²) in [7, 11) is 0. The third-order valence-electron chi connectivity index (χ3n) is 8.91. The topological polar surface area (TPSA) is 86.3 Å². The number of nitro benzene ring substituents is 2. The lowest BCUT2D eigenvalue weighted by Gasteiger charge is -2.30. The Morgan fingerprint density at radius 3 is 1.37 bits per heavy atom. The van der Waals surface area contributed by atoms with Crippen molar-refractivity contribution in [2.75, 3.05) is 0 Å². The van der Waals surface area contributed by atoms with Gasteiger partial charge in [-0.2, -0.15) is 0 Å². The Labute approximate surface area is 246 Å².